The maximum Gasteiger partial charge on any atom is 0.404 e. The van der Waals surface area contributed by atoms with E-state index in [1.54, 1.807) is 0 Å². The van der Waals surface area contributed by atoms with Crippen LogP contribution in [0.1, 0.15) is 6.42 Å². The van der Waals surface area contributed by atoms with Gasteiger partial charge in [-0.3, -0.25) is 4.79 Å². The molecule has 0 aliphatic carbocycles. The van der Waals surface area contributed by atoms with Crippen molar-refractivity contribution in [3.63, 3.8) is 0 Å². The molecule has 0 spiro atoms. The molecule has 1 rings (SSSR count). The third kappa shape index (κ3) is 2.45. The molecule has 1 amide bonds. The molecular formula is C7H9F3N2O. The van der Waals surface area contributed by atoms with Crippen molar-refractivity contribution in [3.05, 3.63) is 11.6 Å². The highest BCUT2D eigenvalue weighted by Crippen LogP contribution is 2.25. The van der Waals surface area contributed by atoms with Gasteiger partial charge in [-0.15, -0.1) is 0 Å². The van der Waals surface area contributed by atoms with Crippen molar-refractivity contribution in [1.82, 2.24) is 5.32 Å². The zero-order chi connectivity index (χ0) is 10.1. The van der Waals surface area contributed by atoms with E-state index in [0.717, 1.165) is 0 Å². The summed E-state index contributed by atoms with van der Waals surface area (Å²) in [5.41, 5.74) is 5.10. The van der Waals surface area contributed by atoms with Gasteiger partial charge in [-0.05, 0) is 6.42 Å². The molecule has 3 N–H and O–H groups in total. The number of hydrogen-bond acceptors (Lipinski definition) is 2. The van der Waals surface area contributed by atoms with Crippen LogP contribution in [0.4, 0.5) is 13.2 Å². The first-order valence-electron chi connectivity index (χ1n) is 3.70. The third-order valence-corrected chi connectivity index (χ3v) is 1.85. The zero-order valence-corrected chi connectivity index (χ0v) is 6.69. The van der Waals surface area contributed by atoms with E-state index in [1.165, 1.54) is 6.08 Å². The first kappa shape index (κ1) is 10.0. The first-order chi connectivity index (χ1) is 5.91. The van der Waals surface area contributed by atoms with E-state index in [9.17, 15) is 18.0 Å². The fraction of sp³-hybridized carbons (Fsp3) is 0.571. The molecule has 0 saturated heterocycles. The van der Waals surface area contributed by atoms with E-state index in [0.29, 0.717) is 0 Å². The van der Waals surface area contributed by atoms with Gasteiger partial charge in [0.15, 0.2) is 0 Å². The summed E-state index contributed by atoms with van der Waals surface area (Å²) in [6, 6.07) is -1.56. The van der Waals surface area contributed by atoms with Crippen LogP contribution in [-0.2, 0) is 4.79 Å². The van der Waals surface area contributed by atoms with Crippen LogP contribution in [0.3, 0.4) is 0 Å². The van der Waals surface area contributed by atoms with Gasteiger partial charge in [-0.2, -0.15) is 13.2 Å². The number of primary amides is 1. The Morgan fingerprint density at radius 2 is 2.23 bits per heavy atom. The average Bonchev–Trinajstić information content (AvgIpc) is 2.03. The van der Waals surface area contributed by atoms with Crippen molar-refractivity contribution in [2.45, 2.75) is 18.6 Å². The molecule has 13 heavy (non-hydrogen) atoms. The smallest absolute Gasteiger partial charge is 0.366 e. The quantitative estimate of drug-likeness (QED) is 0.631. The maximum absolute atomic E-state index is 12.1. The lowest BCUT2D eigenvalue weighted by Crippen LogP contribution is -2.46. The largest absolute Gasteiger partial charge is 0.404 e. The van der Waals surface area contributed by atoms with Crippen LogP contribution >= 0.6 is 0 Å². The Kier molecular flexibility index (Phi) is 2.60. The molecule has 0 bridgehead atoms. The summed E-state index contributed by atoms with van der Waals surface area (Å²) in [7, 11) is 0. The molecule has 3 nitrogen and oxygen atoms in total. The third-order valence-electron chi connectivity index (χ3n) is 1.85. The number of hydrogen-bond donors (Lipinski definition) is 2. The van der Waals surface area contributed by atoms with Gasteiger partial charge in [0, 0.05) is 12.1 Å². The fourth-order valence-electron chi connectivity index (χ4n) is 1.09. The van der Waals surface area contributed by atoms with Gasteiger partial charge in [-0.1, -0.05) is 6.08 Å². The maximum atomic E-state index is 12.1. The summed E-state index contributed by atoms with van der Waals surface area (Å²) in [5, 5.41) is 2.20. The molecule has 1 heterocycles. The van der Waals surface area contributed by atoms with Crippen LogP contribution in [0.5, 0.6) is 0 Å². The number of nitrogens with two attached hydrogens (primary N) is 1. The second-order valence-corrected chi connectivity index (χ2v) is 2.80. The van der Waals surface area contributed by atoms with Crippen molar-refractivity contribution in [1.29, 1.82) is 0 Å². The molecule has 6 heteroatoms. The van der Waals surface area contributed by atoms with Gasteiger partial charge in [0.2, 0.25) is 5.91 Å². The summed E-state index contributed by atoms with van der Waals surface area (Å²) in [6.45, 7) is -0.112. The topological polar surface area (TPSA) is 55.1 Å². The fourth-order valence-corrected chi connectivity index (χ4v) is 1.09. The number of rotatable bonds is 1. The molecule has 1 aliphatic rings. The monoisotopic (exact) mass is 194 g/mol. The molecule has 0 fully saturated rings. The van der Waals surface area contributed by atoms with Gasteiger partial charge in [0.1, 0.15) is 6.04 Å². The summed E-state index contributed by atoms with van der Waals surface area (Å²) >= 11 is 0. The van der Waals surface area contributed by atoms with Crippen LogP contribution in [0, 0.1) is 0 Å². The Bertz CT molecular complexity index is 247. The molecule has 0 aromatic rings. The summed E-state index contributed by atoms with van der Waals surface area (Å²) in [5.74, 6) is -0.673. The van der Waals surface area contributed by atoms with E-state index in [2.05, 4.69) is 5.32 Å². The van der Waals surface area contributed by atoms with E-state index in [-0.39, 0.29) is 18.5 Å². The molecule has 0 saturated carbocycles. The number of carbonyl (C=O) groups is 1. The van der Waals surface area contributed by atoms with Gasteiger partial charge >= 0.3 is 6.18 Å². The molecule has 74 valence electrons. The Morgan fingerprint density at radius 1 is 1.62 bits per heavy atom. The molecule has 0 aromatic heterocycles. The Balaban J connectivity index is 2.61. The number of amides is 1. The van der Waals surface area contributed by atoms with Crippen LogP contribution < -0.4 is 11.1 Å². The average molecular weight is 194 g/mol. The highest BCUT2D eigenvalue weighted by molar-refractivity contribution is 5.92. The van der Waals surface area contributed by atoms with Gasteiger partial charge in [-0.25, -0.2) is 0 Å². The lowest BCUT2D eigenvalue weighted by molar-refractivity contribution is -0.155. The molecule has 1 atom stereocenters. The Labute approximate surface area is 72.8 Å². The zero-order valence-electron chi connectivity index (χ0n) is 6.69. The van der Waals surface area contributed by atoms with Crippen molar-refractivity contribution in [2.75, 3.05) is 6.54 Å². The molecule has 0 aromatic carbocycles. The lowest BCUT2D eigenvalue weighted by Gasteiger charge is -2.24. The summed E-state index contributed by atoms with van der Waals surface area (Å²) in [6.07, 6.45) is -3.27. The molecule has 1 unspecified atom stereocenters. The van der Waals surface area contributed by atoms with E-state index in [1.807, 2.05) is 0 Å². The van der Waals surface area contributed by atoms with Crippen LogP contribution in [0.15, 0.2) is 11.6 Å². The van der Waals surface area contributed by atoms with Crippen LogP contribution in [0.2, 0.25) is 0 Å². The molecular weight excluding hydrogens is 185 g/mol. The van der Waals surface area contributed by atoms with Crippen molar-refractivity contribution < 1.29 is 18.0 Å². The van der Waals surface area contributed by atoms with Crippen molar-refractivity contribution in [3.8, 4) is 0 Å². The second-order valence-electron chi connectivity index (χ2n) is 2.80. The standard InChI is InChI=1S/C7H9F3N2O/c8-7(9,10)5-2-1-4(3-12-5)6(11)13/h1,5,12H,2-3H2,(H2,11,13). The van der Waals surface area contributed by atoms with Gasteiger partial charge in [0.05, 0.1) is 0 Å². The van der Waals surface area contributed by atoms with Gasteiger partial charge in [0.25, 0.3) is 0 Å². The molecule has 1 aliphatic heterocycles. The predicted molar refractivity (Wildman–Crippen MR) is 39.7 cm³/mol. The number of alkyl halides is 3. The van der Waals surface area contributed by atoms with E-state index >= 15 is 0 Å². The number of nitrogens with one attached hydrogen (secondary N) is 1. The SMILES string of the molecule is NC(=O)C1=CCC(C(F)(F)F)NC1. The van der Waals surface area contributed by atoms with Crippen molar-refractivity contribution in [2.24, 2.45) is 5.73 Å². The Hall–Kier alpha value is -1.04. The summed E-state index contributed by atoms with van der Waals surface area (Å²) in [4.78, 5) is 10.5. The minimum absolute atomic E-state index is 0.112. The van der Waals surface area contributed by atoms with E-state index < -0.39 is 18.1 Å². The minimum atomic E-state index is -4.26. The lowest BCUT2D eigenvalue weighted by atomic mass is 10.0. The van der Waals surface area contributed by atoms with Crippen molar-refractivity contribution >= 4 is 5.91 Å². The number of carbonyl (C=O) groups excluding carboxylic acids is 1. The number of halogens is 3. The van der Waals surface area contributed by atoms with Gasteiger partial charge < -0.3 is 11.1 Å². The van der Waals surface area contributed by atoms with Crippen LogP contribution in [-0.4, -0.2) is 24.7 Å². The second kappa shape index (κ2) is 3.37. The highest BCUT2D eigenvalue weighted by Gasteiger charge is 2.40. The molecule has 0 radical (unpaired) electrons. The minimum Gasteiger partial charge on any atom is -0.366 e. The van der Waals surface area contributed by atoms with E-state index in [4.69, 9.17) is 5.73 Å². The first-order valence-corrected chi connectivity index (χ1v) is 3.70. The van der Waals surface area contributed by atoms with Crippen LogP contribution in [0.25, 0.3) is 0 Å². The Morgan fingerprint density at radius 3 is 2.54 bits per heavy atom. The normalized spacial score (nSPS) is 23.9. The summed E-state index contributed by atoms with van der Waals surface area (Å²) < 4.78 is 36.2. The predicted octanol–water partition coefficient (Wildman–Crippen LogP) is 0.322. The highest BCUT2D eigenvalue weighted by atomic mass is 19.4.